The van der Waals surface area contributed by atoms with Gasteiger partial charge in [0.2, 0.25) is 9.84 Å². The Bertz CT molecular complexity index is 988. The monoisotopic (exact) mass is 442 g/mol. The Labute approximate surface area is 171 Å². The molecule has 2 N–H and O–H groups in total. The lowest BCUT2D eigenvalue weighted by Crippen LogP contribution is -2.30. The van der Waals surface area contributed by atoms with Gasteiger partial charge in [0.05, 0.1) is 15.5 Å². The topological polar surface area (TPSA) is 97.5 Å². The van der Waals surface area contributed by atoms with Crippen molar-refractivity contribution in [2.24, 2.45) is 5.73 Å². The van der Waals surface area contributed by atoms with E-state index in [1.165, 1.54) is 43.2 Å². The summed E-state index contributed by atoms with van der Waals surface area (Å²) < 4.78 is 50.9. The van der Waals surface area contributed by atoms with Crippen LogP contribution in [0.4, 0.5) is 0 Å². The van der Waals surface area contributed by atoms with Crippen molar-refractivity contribution in [1.82, 2.24) is 4.90 Å². The van der Waals surface area contributed by atoms with E-state index in [4.69, 9.17) is 5.73 Å². The van der Waals surface area contributed by atoms with E-state index < -0.39 is 19.7 Å². The first-order valence-electron chi connectivity index (χ1n) is 9.42. The Morgan fingerprint density at radius 3 is 2.04 bits per heavy atom. The lowest BCUT2D eigenvalue weighted by Gasteiger charge is -2.19. The average Bonchev–Trinajstić information content (AvgIpc) is 3.04. The van der Waals surface area contributed by atoms with E-state index in [-0.39, 0.29) is 26.3 Å². The Hall–Kier alpha value is -1.26. The number of rotatable bonds is 7. The van der Waals surface area contributed by atoms with Gasteiger partial charge in [-0.2, -0.15) is 0 Å². The minimum Gasteiger partial charge on any atom is -0.326 e. The number of likely N-dealkylation sites (tertiary alicyclic amines) is 1. The van der Waals surface area contributed by atoms with E-state index in [0.717, 1.165) is 42.1 Å². The predicted molar refractivity (Wildman–Crippen MR) is 111 cm³/mol. The van der Waals surface area contributed by atoms with Gasteiger partial charge in [-0.25, -0.2) is 16.8 Å². The first-order valence-corrected chi connectivity index (χ1v) is 13.4. The second-order valence-electron chi connectivity index (χ2n) is 6.97. The van der Waals surface area contributed by atoms with Crippen LogP contribution >= 0.6 is 11.3 Å². The zero-order chi connectivity index (χ0) is 20.2. The summed E-state index contributed by atoms with van der Waals surface area (Å²) in [6, 6.07) is 8.75. The van der Waals surface area contributed by atoms with Crippen molar-refractivity contribution in [3.8, 4) is 0 Å². The van der Waals surface area contributed by atoms with E-state index in [1.807, 2.05) is 0 Å². The fraction of sp³-hybridized carbons (Fsp3) is 0.474. The summed E-state index contributed by atoms with van der Waals surface area (Å²) >= 11 is 1.13. The molecular formula is C19H26N2O4S3. The third kappa shape index (κ3) is 5.01. The summed E-state index contributed by atoms with van der Waals surface area (Å²) in [5.74, 6) is 0.0455. The molecule has 1 saturated heterocycles. The number of nitrogens with zero attached hydrogens (tertiary/aromatic N) is 1. The zero-order valence-corrected chi connectivity index (χ0v) is 18.2. The number of thiophene rings is 1. The zero-order valence-electron chi connectivity index (χ0n) is 15.7. The molecule has 1 aromatic heterocycles. The lowest BCUT2D eigenvalue weighted by atomic mass is 10.2. The van der Waals surface area contributed by atoms with Crippen molar-refractivity contribution >= 4 is 31.0 Å². The molecule has 0 radical (unpaired) electrons. The highest BCUT2D eigenvalue weighted by molar-refractivity contribution is 7.93. The standard InChI is InChI=1S/C19H26N2O4S3/c20-15-16-5-10-19(26-16)28(24,25)18-8-6-17(7-9-18)27(22,23)14-13-21-11-3-1-2-4-12-21/h5-10H,1-4,11-15,20H2. The lowest BCUT2D eigenvalue weighted by molar-refractivity contribution is 0.301. The van der Waals surface area contributed by atoms with E-state index in [0.29, 0.717) is 6.54 Å². The molecule has 28 heavy (non-hydrogen) atoms. The summed E-state index contributed by atoms with van der Waals surface area (Å²) in [5, 5.41) is 0. The van der Waals surface area contributed by atoms with Crippen LogP contribution in [0.15, 0.2) is 50.4 Å². The molecular weight excluding hydrogens is 416 g/mol. The van der Waals surface area contributed by atoms with Crippen LogP contribution in [0.2, 0.25) is 0 Å². The molecule has 0 atom stereocenters. The number of nitrogens with two attached hydrogens (primary N) is 1. The molecule has 0 amide bonds. The Morgan fingerprint density at radius 1 is 0.857 bits per heavy atom. The van der Waals surface area contributed by atoms with Gasteiger partial charge < -0.3 is 10.6 Å². The van der Waals surface area contributed by atoms with Gasteiger partial charge in [-0.15, -0.1) is 11.3 Å². The van der Waals surface area contributed by atoms with Crippen molar-refractivity contribution in [3.63, 3.8) is 0 Å². The quantitative estimate of drug-likeness (QED) is 0.708. The highest BCUT2D eigenvalue weighted by atomic mass is 32.2. The van der Waals surface area contributed by atoms with Crippen molar-refractivity contribution in [2.45, 2.75) is 46.2 Å². The largest absolute Gasteiger partial charge is 0.326 e. The maximum Gasteiger partial charge on any atom is 0.215 e. The average molecular weight is 443 g/mol. The number of benzene rings is 1. The summed E-state index contributed by atoms with van der Waals surface area (Å²) in [6.45, 7) is 2.68. The van der Waals surface area contributed by atoms with Gasteiger partial charge in [-0.05, 0) is 62.3 Å². The van der Waals surface area contributed by atoms with Crippen LogP contribution in [0.5, 0.6) is 0 Å². The fourth-order valence-corrected chi connectivity index (χ4v) is 7.20. The van der Waals surface area contributed by atoms with E-state index in [2.05, 4.69) is 4.90 Å². The molecule has 0 bridgehead atoms. The SMILES string of the molecule is NCc1ccc(S(=O)(=O)c2ccc(S(=O)(=O)CCN3CCCCCC3)cc2)s1. The fourth-order valence-electron chi connectivity index (χ4n) is 3.28. The van der Waals surface area contributed by atoms with E-state index in [9.17, 15) is 16.8 Å². The van der Waals surface area contributed by atoms with Crippen LogP contribution in [0.1, 0.15) is 30.6 Å². The maximum absolute atomic E-state index is 12.7. The number of sulfone groups is 2. The van der Waals surface area contributed by atoms with Gasteiger partial charge in [0, 0.05) is 18.0 Å². The molecule has 6 nitrogen and oxygen atoms in total. The molecule has 0 unspecified atom stereocenters. The molecule has 0 spiro atoms. The summed E-state index contributed by atoms with van der Waals surface area (Å²) in [7, 11) is -7.11. The Morgan fingerprint density at radius 2 is 1.46 bits per heavy atom. The molecule has 3 rings (SSSR count). The Kier molecular flexibility index (Phi) is 6.93. The van der Waals surface area contributed by atoms with Crippen molar-refractivity contribution < 1.29 is 16.8 Å². The molecule has 1 aliphatic heterocycles. The molecule has 1 aromatic carbocycles. The third-order valence-electron chi connectivity index (χ3n) is 4.97. The van der Waals surface area contributed by atoms with Crippen LogP contribution < -0.4 is 5.73 Å². The van der Waals surface area contributed by atoms with Crippen LogP contribution in [0.3, 0.4) is 0 Å². The molecule has 9 heteroatoms. The molecule has 2 aromatic rings. The molecule has 154 valence electrons. The second kappa shape index (κ2) is 9.04. The van der Waals surface area contributed by atoms with Crippen molar-refractivity contribution in [2.75, 3.05) is 25.4 Å². The molecule has 1 fully saturated rings. The summed E-state index contributed by atoms with van der Waals surface area (Å²) in [4.78, 5) is 3.24. The minimum absolute atomic E-state index is 0.0455. The van der Waals surface area contributed by atoms with E-state index >= 15 is 0 Å². The van der Waals surface area contributed by atoms with Gasteiger partial charge in [-0.1, -0.05) is 12.8 Å². The first kappa shape index (κ1) is 21.4. The smallest absolute Gasteiger partial charge is 0.215 e. The van der Waals surface area contributed by atoms with Crippen LogP contribution in [0, 0.1) is 0 Å². The minimum atomic E-state index is -3.66. The van der Waals surface area contributed by atoms with Gasteiger partial charge in [0.15, 0.2) is 9.84 Å². The molecule has 0 aliphatic carbocycles. The van der Waals surface area contributed by atoms with Crippen LogP contribution in [0.25, 0.3) is 0 Å². The highest BCUT2D eigenvalue weighted by Gasteiger charge is 2.22. The molecule has 2 heterocycles. The van der Waals surface area contributed by atoms with Gasteiger partial charge in [-0.3, -0.25) is 0 Å². The maximum atomic E-state index is 12.7. The first-order chi connectivity index (χ1) is 13.3. The highest BCUT2D eigenvalue weighted by Crippen LogP contribution is 2.28. The Balaban J connectivity index is 1.71. The summed E-state index contributed by atoms with van der Waals surface area (Å²) in [5.41, 5.74) is 5.55. The second-order valence-corrected chi connectivity index (χ2v) is 12.4. The van der Waals surface area contributed by atoms with Gasteiger partial charge >= 0.3 is 0 Å². The number of hydrogen-bond acceptors (Lipinski definition) is 7. The van der Waals surface area contributed by atoms with Crippen LogP contribution in [-0.4, -0.2) is 47.1 Å². The normalized spacial score (nSPS) is 16.8. The predicted octanol–water partition coefficient (Wildman–Crippen LogP) is 2.69. The van der Waals surface area contributed by atoms with E-state index in [1.54, 1.807) is 6.07 Å². The van der Waals surface area contributed by atoms with Crippen molar-refractivity contribution in [1.29, 1.82) is 0 Å². The van der Waals surface area contributed by atoms with Gasteiger partial charge in [0.25, 0.3) is 0 Å². The number of hydrogen-bond donors (Lipinski definition) is 1. The molecule has 0 saturated carbocycles. The van der Waals surface area contributed by atoms with Crippen molar-refractivity contribution in [3.05, 3.63) is 41.3 Å². The third-order valence-corrected chi connectivity index (χ3v) is 10.1. The van der Waals surface area contributed by atoms with Crippen LogP contribution in [-0.2, 0) is 26.2 Å². The van der Waals surface area contributed by atoms with Gasteiger partial charge in [0.1, 0.15) is 4.21 Å². The summed E-state index contributed by atoms with van der Waals surface area (Å²) in [6.07, 6.45) is 4.63. The molecule has 1 aliphatic rings.